The number of benzene rings is 1. The fraction of sp³-hybridized carbons (Fsp3) is 0.500. The van der Waals surface area contributed by atoms with Crippen molar-refractivity contribution in [2.75, 3.05) is 33.0 Å². The fourth-order valence-corrected chi connectivity index (χ4v) is 3.76. The lowest BCUT2D eigenvalue weighted by Gasteiger charge is -2.33. The minimum Gasteiger partial charge on any atom is -0.383 e. The zero-order chi connectivity index (χ0) is 21.3. The maximum absolute atomic E-state index is 14.0. The Kier molecular flexibility index (Phi) is 6.09. The number of aromatic nitrogens is 2. The summed E-state index contributed by atoms with van der Waals surface area (Å²) in [6.07, 6.45) is 0.0777. The van der Waals surface area contributed by atoms with Crippen molar-refractivity contribution in [1.29, 1.82) is 0 Å². The van der Waals surface area contributed by atoms with Crippen molar-refractivity contribution >= 4 is 11.8 Å². The number of ether oxygens (including phenoxy) is 2. The first-order valence-electron chi connectivity index (χ1n) is 9.52. The monoisotopic (exact) mass is 405 g/mol. The molecule has 2 amide bonds. The molecule has 1 atom stereocenters. The molecular weight excluding hydrogens is 377 g/mol. The van der Waals surface area contributed by atoms with Crippen molar-refractivity contribution in [3.05, 3.63) is 40.3 Å². The van der Waals surface area contributed by atoms with E-state index in [1.54, 1.807) is 35.6 Å². The SMILES string of the molecule is COC(CNC(=O)N1CCc2nn(-c3cc(C)c(F)c(C)c3)c(N)c2[C@@H]1C)OC. The summed E-state index contributed by atoms with van der Waals surface area (Å²) < 4.78 is 25.8. The summed E-state index contributed by atoms with van der Waals surface area (Å²) in [5.74, 6) is 0.230. The van der Waals surface area contributed by atoms with E-state index in [-0.39, 0.29) is 24.4 Å². The predicted octanol–water partition coefficient (Wildman–Crippen LogP) is 2.46. The van der Waals surface area contributed by atoms with Crippen LogP contribution < -0.4 is 11.1 Å². The highest BCUT2D eigenvalue weighted by Gasteiger charge is 2.33. The topological polar surface area (TPSA) is 94.6 Å². The highest BCUT2D eigenvalue weighted by atomic mass is 19.1. The van der Waals surface area contributed by atoms with E-state index in [1.165, 1.54) is 14.2 Å². The van der Waals surface area contributed by atoms with Crippen LogP contribution in [0.4, 0.5) is 15.0 Å². The molecule has 1 aliphatic heterocycles. The van der Waals surface area contributed by atoms with Gasteiger partial charge in [-0.15, -0.1) is 0 Å². The van der Waals surface area contributed by atoms with Gasteiger partial charge in [0, 0.05) is 32.7 Å². The second kappa shape index (κ2) is 8.38. The van der Waals surface area contributed by atoms with Crippen LogP contribution in [0.5, 0.6) is 0 Å². The molecule has 0 fully saturated rings. The number of nitrogens with one attached hydrogen (secondary N) is 1. The number of hydrogen-bond acceptors (Lipinski definition) is 5. The third-order valence-corrected chi connectivity index (χ3v) is 5.38. The molecule has 1 aliphatic rings. The van der Waals surface area contributed by atoms with Gasteiger partial charge in [-0.25, -0.2) is 13.9 Å². The molecule has 3 N–H and O–H groups in total. The Morgan fingerprint density at radius 3 is 2.55 bits per heavy atom. The predicted molar refractivity (Wildman–Crippen MR) is 107 cm³/mol. The summed E-state index contributed by atoms with van der Waals surface area (Å²) in [5.41, 5.74) is 9.87. The number of nitrogens with two attached hydrogens (primary N) is 1. The molecule has 1 aromatic heterocycles. The van der Waals surface area contributed by atoms with Crippen LogP contribution in [-0.2, 0) is 15.9 Å². The molecule has 3 rings (SSSR count). The highest BCUT2D eigenvalue weighted by Crippen LogP contribution is 2.35. The normalized spacial score (nSPS) is 16.2. The molecule has 0 aliphatic carbocycles. The number of urea groups is 1. The Morgan fingerprint density at radius 1 is 1.34 bits per heavy atom. The van der Waals surface area contributed by atoms with Gasteiger partial charge < -0.3 is 25.4 Å². The lowest BCUT2D eigenvalue weighted by atomic mass is 10.00. The lowest BCUT2D eigenvalue weighted by Crippen LogP contribution is -2.47. The van der Waals surface area contributed by atoms with Crippen LogP contribution in [0, 0.1) is 19.7 Å². The van der Waals surface area contributed by atoms with Gasteiger partial charge in [0.25, 0.3) is 0 Å². The van der Waals surface area contributed by atoms with Gasteiger partial charge in [-0.3, -0.25) is 0 Å². The van der Waals surface area contributed by atoms with Crippen LogP contribution in [0.2, 0.25) is 0 Å². The second-order valence-corrected chi connectivity index (χ2v) is 7.26. The van der Waals surface area contributed by atoms with Crippen LogP contribution in [-0.4, -0.2) is 54.3 Å². The summed E-state index contributed by atoms with van der Waals surface area (Å²) in [4.78, 5) is 14.4. The van der Waals surface area contributed by atoms with Crippen LogP contribution in [0.15, 0.2) is 12.1 Å². The zero-order valence-corrected chi connectivity index (χ0v) is 17.5. The maximum Gasteiger partial charge on any atom is 0.318 e. The van der Waals surface area contributed by atoms with Crippen LogP contribution in [0.3, 0.4) is 0 Å². The number of methoxy groups -OCH3 is 2. The maximum atomic E-state index is 14.0. The summed E-state index contributed by atoms with van der Waals surface area (Å²) in [6.45, 7) is 6.11. The number of hydrogen-bond donors (Lipinski definition) is 2. The van der Waals surface area contributed by atoms with E-state index >= 15 is 0 Å². The molecule has 2 heterocycles. The Balaban J connectivity index is 1.86. The molecule has 2 aromatic rings. The van der Waals surface area contributed by atoms with Gasteiger partial charge in [0.2, 0.25) is 0 Å². The van der Waals surface area contributed by atoms with Crippen molar-refractivity contribution < 1.29 is 18.7 Å². The second-order valence-electron chi connectivity index (χ2n) is 7.26. The first kappa shape index (κ1) is 21.1. The van der Waals surface area contributed by atoms with Gasteiger partial charge in [0.1, 0.15) is 11.6 Å². The Hall–Kier alpha value is -2.65. The van der Waals surface area contributed by atoms with Gasteiger partial charge >= 0.3 is 6.03 Å². The number of carbonyl (C=O) groups excluding carboxylic acids is 1. The molecule has 0 saturated carbocycles. The van der Waals surface area contributed by atoms with Crippen LogP contribution in [0.25, 0.3) is 5.69 Å². The lowest BCUT2D eigenvalue weighted by molar-refractivity contribution is -0.0976. The average molecular weight is 405 g/mol. The minimum absolute atomic E-state index is 0.220. The van der Waals surface area contributed by atoms with E-state index in [2.05, 4.69) is 10.4 Å². The van der Waals surface area contributed by atoms with Gasteiger partial charge in [-0.05, 0) is 44.0 Å². The minimum atomic E-state index is -0.507. The Labute approximate surface area is 169 Å². The van der Waals surface area contributed by atoms with E-state index < -0.39 is 6.29 Å². The summed E-state index contributed by atoms with van der Waals surface area (Å²) in [6, 6.07) is 2.98. The number of aryl methyl sites for hydroxylation is 2. The number of halogens is 1. The summed E-state index contributed by atoms with van der Waals surface area (Å²) >= 11 is 0. The van der Waals surface area contributed by atoms with Crippen molar-refractivity contribution in [3.63, 3.8) is 0 Å². The van der Waals surface area contributed by atoms with E-state index in [4.69, 9.17) is 15.2 Å². The van der Waals surface area contributed by atoms with Gasteiger partial charge in [-0.2, -0.15) is 5.10 Å². The highest BCUT2D eigenvalue weighted by molar-refractivity contribution is 5.75. The molecule has 0 saturated heterocycles. The van der Waals surface area contributed by atoms with Gasteiger partial charge in [0.15, 0.2) is 6.29 Å². The van der Waals surface area contributed by atoms with E-state index in [0.29, 0.717) is 35.6 Å². The van der Waals surface area contributed by atoms with Crippen LogP contribution in [0.1, 0.15) is 35.3 Å². The number of amides is 2. The number of carbonyl (C=O) groups is 1. The number of fused-ring (bicyclic) bond motifs is 1. The quantitative estimate of drug-likeness (QED) is 0.745. The van der Waals surface area contributed by atoms with Crippen LogP contribution >= 0.6 is 0 Å². The van der Waals surface area contributed by atoms with Crippen molar-refractivity contribution in [1.82, 2.24) is 20.0 Å². The smallest absolute Gasteiger partial charge is 0.318 e. The van der Waals surface area contributed by atoms with Gasteiger partial charge in [-0.1, -0.05) is 0 Å². The van der Waals surface area contributed by atoms with Gasteiger partial charge in [0.05, 0.1) is 24.0 Å². The third-order valence-electron chi connectivity index (χ3n) is 5.38. The molecule has 0 spiro atoms. The molecule has 29 heavy (non-hydrogen) atoms. The number of nitrogen functional groups attached to an aromatic ring is 1. The molecule has 158 valence electrons. The Morgan fingerprint density at radius 2 is 1.97 bits per heavy atom. The van der Waals surface area contributed by atoms with Crippen molar-refractivity contribution in [2.45, 2.75) is 39.5 Å². The molecule has 8 nitrogen and oxygen atoms in total. The molecular formula is C20H28FN5O3. The molecule has 0 radical (unpaired) electrons. The number of anilines is 1. The first-order valence-corrected chi connectivity index (χ1v) is 9.52. The average Bonchev–Trinajstić information content (AvgIpc) is 3.04. The summed E-state index contributed by atoms with van der Waals surface area (Å²) in [5, 5.41) is 7.47. The molecule has 1 aromatic carbocycles. The largest absolute Gasteiger partial charge is 0.383 e. The fourth-order valence-electron chi connectivity index (χ4n) is 3.76. The molecule has 0 bridgehead atoms. The third kappa shape index (κ3) is 3.92. The van der Waals surface area contributed by atoms with E-state index in [9.17, 15) is 9.18 Å². The zero-order valence-electron chi connectivity index (χ0n) is 17.5. The molecule has 0 unspecified atom stereocenters. The Bertz CT molecular complexity index is 887. The summed E-state index contributed by atoms with van der Waals surface area (Å²) in [7, 11) is 3.04. The standard InChI is InChI=1S/C20H28FN5O3/c1-11-8-14(9-12(2)18(11)21)26-19(22)17-13(3)25(7-6-15(17)24-26)20(27)23-10-16(28-4)29-5/h8-9,13,16H,6-7,10,22H2,1-5H3,(H,23,27)/t13-/m0/s1. The number of rotatable bonds is 5. The van der Waals surface area contributed by atoms with E-state index in [1.807, 2.05) is 6.92 Å². The number of nitrogens with zero attached hydrogens (tertiary/aromatic N) is 3. The molecule has 9 heteroatoms. The van der Waals surface area contributed by atoms with Crippen molar-refractivity contribution in [3.8, 4) is 5.69 Å². The van der Waals surface area contributed by atoms with E-state index in [0.717, 1.165) is 11.3 Å². The first-order chi connectivity index (χ1) is 13.8. The van der Waals surface area contributed by atoms with Crippen molar-refractivity contribution in [2.24, 2.45) is 0 Å².